The van der Waals surface area contributed by atoms with E-state index in [-0.39, 0.29) is 6.61 Å². The largest absolute Gasteiger partial charge is 0.469 e. The quantitative estimate of drug-likeness (QED) is 0.280. The van der Waals surface area contributed by atoms with E-state index in [0.717, 1.165) is 48.3 Å². The molecule has 0 spiro atoms. The fourth-order valence-corrected chi connectivity index (χ4v) is 8.48. The molecule has 0 aromatic carbocycles. The van der Waals surface area contributed by atoms with Gasteiger partial charge in [0.15, 0.2) is 0 Å². The molecule has 6 nitrogen and oxygen atoms in total. The molecular formula is C44H89O6P. The van der Waals surface area contributed by atoms with Gasteiger partial charge in [0.2, 0.25) is 0 Å². The summed E-state index contributed by atoms with van der Waals surface area (Å²) in [5, 5.41) is 0. The Hall–Kier alpha value is 0.0300. The number of hydrogen-bond donors (Lipinski definition) is 2. The molecule has 1 aliphatic rings. The lowest BCUT2D eigenvalue weighted by Crippen LogP contribution is -2.26. The van der Waals surface area contributed by atoms with E-state index in [1.54, 1.807) is 0 Å². The molecule has 9 unspecified atom stereocenters. The van der Waals surface area contributed by atoms with Crippen LogP contribution in [0, 0.1) is 47.3 Å². The van der Waals surface area contributed by atoms with E-state index in [2.05, 4.69) is 55.4 Å². The van der Waals surface area contributed by atoms with Crippen molar-refractivity contribution in [3.8, 4) is 0 Å². The van der Waals surface area contributed by atoms with Gasteiger partial charge >= 0.3 is 7.82 Å². The van der Waals surface area contributed by atoms with Gasteiger partial charge in [-0.05, 0) is 60.2 Å². The van der Waals surface area contributed by atoms with E-state index < -0.39 is 13.9 Å². The Morgan fingerprint density at radius 3 is 0.980 bits per heavy atom. The first-order valence-corrected chi connectivity index (χ1v) is 23.7. The van der Waals surface area contributed by atoms with Crippen molar-refractivity contribution in [2.24, 2.45) is 47.3 Å². The standard InChI is InChI=1S/C44H89O6P/c1-36-16-9-17-37(2)19-11-21-39(4)23-13-25-41(6)27-15-29-43(8)31-33-49-44(35-50-51(45,46)47)34-48-32-30-42(7)28-14-26-40(5)24-12-22-38(3)20-10-18-36/h36-44H,9-35H2,1-8H3,(H2,45,46,47). The summed E-state index contributed by atoms with van der Waals surface area (Å²) in [7, 11) is -4.55. The smallest absolute Gasteiger partial charge is 0.379 e. The number of ether oxygens (including phenoxy) is 2. The predicted molar refractivity (Wildman–Crippen MR) is 218 cm³/mol. The van der Waals surface area contributed by atoms with Crippen LogP contribution in [0.1, 0.15) is 203 Å². The predicted octanol–water partition coefficient (Wildman–Crippen LogP) is 13.6. The lowest BCUT2D eigenvalue weighted by Gasteiger charge is -2.21. The molecular weight excluding hydrogens is 655 g/mol. The fourth-order valence-electron chi connectivity index (χ4n) is 8.12. The molecule has 1 rings (SSSR count). The van der Waals surface area contributed by atoms with Crippen LogP contribution >= 0.6 is 7.82 Å². The highest BCUT2D eigenvalue weighted by Gasteiger charge is 2.20. The van der Waals surface area contributed by atoms with Crippen LogP contribution < -0.4 is 0 Å². The first-order chi connectivity index (χ1) is 24.2. The second-order valence-electron chi connectivity index (χ2n) is 18.3. The van der Waals surface area contributed by atoms with Crippen molar-refractivity contribution in [2.45, 2.75) is 209 Å². The molecule has 0 aromatic rings. The maximum atomic E-state index is 11.4. The van der Waals surface area contributed by atoms with Crippen LogP contribution in [0.5, 0.6) is 0 Å². The van der Waals surface area contributed by atoms with Gasteiger partial charge in [0, 0.05) is 13.2 Å². The van der Waals surface area contributed by atoms with Crippen LogP contribution in [0.25, 0.3) is 0 Å². The minimum Gasteiger partial charge on any atom is -0.379 e. The van der Waals surface area contributed by atoms with Gasteiger partial charge in [0.1, 0.15) is 6.10 Å². The number of phosphoric ester groups is 1. The van der Waals surface area contributed by atoms with Crippen molar-refractivity contribution < 1.29 is 28.3 Å². The molecule has 0 aromatic heterocycles. The topological polar surface area (TPSA) is 85.2 Å². The highest BCUT2D eigenvalue weighted by Crippen LogP contribution is 2.36. The summed E-state index contributed by atoms with van der Waals surface area (Å²) >= 11 is 0. The van der Waals surface area contributed by atoms with Crippen LogP contribution in [0.15, 0.2) is 0 Å². The Bertz CT molecular complexity index is 834. The van der Waals surface area contributed by atoms with E-state index in [4.69, 9.17) is 14.0 Å². The van der Waals surface area contributed by atoms with Gasteiger partial charge in [0.25, 0.3) is 0 Å². The second kappa shape index (κ2) is 30.3. The first kappa shape index (κ1) is 49.0. The third kappa shape index (κ3) is 31.0. The first-order valence-electron chi connectivity index (χ1n) is 22.1. The normalized spacial score (nSPS) is 34.3. The van der Waals surface area contributed by atoms with Crippen molar-refractivity contribution in [3.05, 3.63) is 0 Å². The zero-order valence-electron chi connectivity index (χ0n) is 35.3. The number of phosphoric acid groups is 1. The van der Waals surface area contributed by atoms with Gasteiger partial charge in [0.05, 0.1) is 13.2 Å². The molecule has 0 radical (unpaired) electrons. The molecule has 0 saturated carbocycles. The van der Waals surface area contributed by atoms with Gasteiger partial charge in [-0.25, -0.2) is 4.57 Å². The van der Waals surface area contributed by atoms with E-state index in [9.17, 15) is 14.4 Å². The molecule has 2 N–H and O–H groups in total. The van der Waals surface area contributed by atoms with Crippen LogP contribution in [0.4, 0.5) is 0 Å². The minimum atomic E-state index is -4.55. The van der Waals surface area contributed by atoms with Crippen LogP contribution in [0.3, 0.4) is 0 Å². The zero-order valence-corrected chi connectivity index (χ0v) is 36.2. The monoisotopic (exact) mass is 745 g/mol. The number of rotatable bonds is 3. The molecule has 0 bridgehead atoms. The zero-order chi connectivity index (χ0) is 37.9. The van der Waals surface area contributed by atoms with Crippen molar-refractivity contribution in [3.63, 3.8) is 0 Å². The lowest BCUT2D eigenvalue weighted by atomic mass is 9.88. The van der Waals surface area contributed by atoms with Gasteiger partial charge in [-0.1, -0.05) is 190 Å². The summed E-state index contributed by atoms with van der Waals surface area (Å²) < 4.78 is 28.2. The molecule has 306 valence electrons. The van der Waals surface area contributed by atoms with Gasteiger partial charge < -0.3 is 19.3 Å². The SMILES string of the molecule is CC1CCCC(C)CCCC(C)CCCC(C)CCCC(C)CCOC(COP(=O)(O)O)COCCC(C)CCCC(C)CCCC(C)CCC1. The average molecular weight is 745 g/mol. The number of hydrogen-bond acceptors (Lipinski definition) is 4. The van der Waals surface area contributed by atoms with E-state index >= 15 is 0 Å². The summed E-state index contributed by atoms with van der Waals surface area (Å²) in [6, 6.07) is 0. The molecule has 51 heavy (non-hydrogen) atoms. The summed E-state index contributed by atoms with van der Waals surface area (Å²) in [6.45, 7) is 20.7. The summed E-state index contributed by atoms with van der Waals surface area (Å²) in [6.07, 6.45) is 29.8. The second-order valence-corrected chi connectivity index (χ2v) is 19.5. The van der Waals surface area contributed by atoms with E-state index in [1.165, 1.54) is 135 Å². The maximum Gasteiger partial charge on any atom is 0.469 e. The average Bonchev–Trinajstić information content (AvgIpc) is 3.04. The molecule has 9 atom stereocenters. The molecule has 1 heterocycles. The van der Waals surface area contributed by atoms with Crippen LogP contribution in [0.2, 0.25) is 0 Å². The highest BCUT2D eigenvalue weighted by molar-refractivity contribution is 7.46. The third-order valence-electron chi connectivity index (χ3n) is 12.2. The Morgan fingerprint density at radius 1 is 0.451 bits per heavy atom. The van der Waals surface area contributed by atoms with E-state index in [0.29, 0.717) is 31.7 Å². The molecule has 1 saturated heterocycles. The highest BCUT2D eigenvalue weighted by atomic mass is 31.2. The van der Waals surface area contributed by atoms with Gasteiger partial charge in [-0.15, -0.1) is 0 Å². The van der Waals surface area contributed by atoms with Crippen molar-refractivity contribution in [1.29, 1.82) is 0 Å². The minimum absolute atomic E-state index is 0.153. The Balaban J connectivity index is 2.57. The van der Waals surface area contributed by atoms with Crippen molar-refractivity contribution in [2.75, 3.05) is 26.4 Å². The van der Waals surface area contributed by atoms with Crippen LogP contribution in [-0.4, -0.2) is 42.3 Å². The molecule has 7 heteroatoms. The maximum absolute atomic E-state index is 11.4. The fraction of sp³-hybridized carbons (Fsp3) is 1.00. The molecule has 0 aliphatic carbocycles. The Morgan fingerprint density at radius 2 is 0.706 bits per heavy atom. The van der Waals surface area contributed by atoms with Crippen molar-refractivity contribution >= 4 is 7.82 Å². The van der Waals surface area contributed by atoms with E-state index in [1.807, 2.05) is 0 Å². The molecule has 1 aliphatic heterocycles. The Kier molecular flexibility index (Phi) is 29.1. The third-order valence-corrected chi connectivity index (χ3v) is 12.7. The summed E-state index contributed by atoms with van der Waals surface area (Å²) in [4.78, 5) is 18.5. The van der Waals surface area contributed by atoms with Gasteiger partial charge in [-0.2, -0.15) is 0 Å². The molecule has 1 fully saturated rings. The molecule has 0 amide bonds. The van der Waals surface area contributed by atoms with Crippen LogP contribution in [-0.2, 0) is 18.6 Å². The Labute approximate surface area is 318 Å². The lowest BCUT2D eigenvalue weighted by molar-refractivity contribution is -0.0462. The van der Waals surface area contributed by atoms with Gasteiger partial charge in [-0.3, -0.25) is 4.52 Å². The summed E-state index contributed by atoms with van der Waals surface area (Å²) in [5.74, 6) is 6.20. The van der Waals surface area contributed by atoms with Crippen molar-refractivity contribution in [1.82, 2.24) is 0 Å². The summed E-state index contributed by atoms with van der Waals surface area (Å²) in [5.41, 5.74) is 0.